The summed E-state index contributed by atoms with van der Waals surface area (Å²) in [5, 5.41) is 4.60. The van der Waals surface area contributed by atoms with Gasteiger partial charge < -0.3 is 14.5 Å². The molecule has 0 saturated carbocycles. The van der Waals surface area contributed by atoms with E-state index < -0.39 is 6.10 Å². The second-order valence-electron chi connectivity index (χ2n) is 9.23. The Morgan fingerprint density at radius 2 is 1.72 bits per heavy atom. The Bertz CT molecular complexity index is 1380. The average molecular weight is 488 g/mol. The first-order valence-corrected chi connectivity index (χ1v) is 12.1. The zero-order valence-corrected chi connectivity index (χ0v) is 20.7. The number of nitrogens with zero attached hydrogens (tertiary/aromatic N) is 5. The minimum atomic E-state index is -0.636. The fourth-order valence-corrected chi connectivity index (χ4v) is 4.55. The summed E-state index contributed by atoms with van der Waals surface area (Å²) in [7, 11) is 0. The standard InChI is InChI=1S/C27H29N5O4/c1-18-8-9-21(16-19(18)2)32-25(33)11-10-24(28-32)29-12-14-30(15-13-29)26(34)17-31-22-6-4-5-7-23(22)36-20(3)27(31)35/h4-11,16,20H,12-15,17H2,1-3H3. The van der Waals surface area contributed by atoms with Gasteiger partial charge in [0.1, 0.15) is 18.1 Å². The highest BCUT2D eigenvalue weighted by Crippen LogP contribution is 2.33. The number of fused-ring (bicyclic) bond motifs is 1. The number of ether oxygens (including phenoxy) is 1. The monoisotopic (exact) mass is 487 g/mol. The average Bonchev–Trinajstić information content (AvgIpc) is 2.89. The first kappa shape index (κ1) is 23.6. The Labute approximate surface area is 209 Å². The van der Waals surface area contributed by atoms with Gasteiger partial charge in [0.05, 0.1) is 11.4 Å². The second-order valence-corrected chi connectivity index (χ2v) is 9.23. The van der Waals surface area contributed by atoms with E-state index in [-0.39, 0.29) is 23.9 Å². The number of carbonyl (C=O) groups is 2. The SMILES string of the molecule is Cc1ccc(-n2nc(N3CCN(C(=O)CN4C(=O)C(C)Oc5ccccc54)CC3)ccc2=O)cc1C. The van der Waals surface area contributed by atoms with E-state index in [4.69, 9.17) is 4.74 Å². The molecule has 3 aromatic rings. The molecule has 2 aliphatic rings. The molecule has 1 unspecified atom stereocenters. The Hall–Kier alpha value is -4.14. The van der Waals surface area contributed by atoms with E-state index in [0.717, 1.165) is 16.8 Å². The van der Waals surface area contributed by atoms with Crippen LogP contribution in [0.1, 0.15) is 18.1 Å². The van der Waals surface area contributed by atoms with E-state index >= 15 is 0 Å². The van der Waals surface area contributed by atoms with Gasteiger partial charge in [0.2, 0.25) is 5.91 Å². The molecule has 1 atom stereocenters. The van der Waals surface area contributed by atoms with Crippen molar-refractivity contribution in [1.29, 1.82) is 0 Å². The smallest absolute Gasteiger partial charge is 0.271 e. The van der Waals surface area contributed by atoms with Crippen LogP contribution in [0.25, 0.3) is 5.69 Å². The normalized spacial score (nSPS) is 17.6. The summed E-state index contributed by atoms with van der Waals surface area (Å²) in [6, 6.07) is 16.3. The molecule has 1 aromatic heterocycles. The highest BCUT2D eigenvalue weighted by molar-refractivity contribution is 6.03. The highest BCUT2D eigenvalue weighted by atomic mass is 16.5. The molecule has 9 heteroatoms. The van der Waals surface area contributed by atoms with Crippen LogP contribution >= 0.6 is 0 Å². The molecule has 0 N–H and O–H groups in total. The molecule has 2 aliphatic heterocycles. The van der Waals surface area contributed by atoms with Crippen LogP contribution in [-0.2, 0) is 9.59 Å². The molecule has 2 amide bonds. The van der Waals surface area contributed by atoms with Crippen LogP contribution in [0, 0.1) is 13.8 Å². The van der Waals surface area contributed by atoms with Crippen molar-refractivity contribution in [3.63, 3.8) is 0 Å². The van der Waals surface area contributed by atoms with Gasteiger partial charge in [0.15, 0.2) is 6.10 Å². The van der Waals surface area contributed by atoms with Gasteiger partial charge in [-0.1, -0.05) is 18.2 Å². The Morgan fingerprint density at radius 1 is 0.972 bits per heavy atom. The number of carbonyl (C=O) groups excluding carboxylic acids is 2. The van der Waals surface area contributed by atoms with Crippen molar-refractivity contribution in [2.75, 3.05) is 42.5 Å². The van der Waals surface area contributed by atoms with Gasteiger partial charge in [-0.3, -0.25) is 19.3 Å². The maximum atomic E-state index is 13.1. The van der Waals surface area contributed by atoms with E-state index in [2.05, 4.69) is 10.00 Å². The Kier molecular flexibility index (Phi) is 6.22. The number of aryl methyl sites for hydroxylation is 2. The zero-order valence-electron chi connectivity index (χ0n) is 20.7. The summed E-state index contributed by atoms with van der Waals surface area (Å²) in [4.78, 5) is 43.7. The fraction of sp³-hybridized carbons (Fsp3) is 0.333. The lowest BCUT2D eigenvalue weighted by Crippen LogP contribution is -2.54. The zero-order chi connectivity index (χ0) is 25.4. The third-order valence-corrected chi connectivity index (χ3v) is 6.84. The lowest BCUT2D eigenvalue weighted by molar-refractivity contribution is -0.133. The van der Waals surface area contributed by atoms with Crippen molar-refractivity contribution in [2.24, 2.45) is 0 Å². The van der Waals surface area contributed by atoms with Crippen molar-refractivity contribution in [3.8, 4) is 11.4 Å². The molecule has 2 aromatic carbocycles. The summed E-state index contributed by atoms with van der Waals surface area (Å²) >= 11 is 0. The largest absolute Gasteiger partial charge is 0.479 e. The van der Waals surface area contributed by atoms with Gasteiger partial charge in [-0.15, -0.1) is 5.10 Å². The molecule has 1 fully saturated rings. The van der Waals surface area contributed by atoms with Crippen molar-refractivity contribution < 1.29 is 14.3 Å². The van der Waals surface area contributed by atoms with E-state index in [1.165, 1.54) is 15.6 Å². The van der Waals surface area contributed by atoms with Gasteiger partial charge in [0.25, 0.3) is 11.5 Å². The molecular weight excluding hydrogens is 458 g/mol. The number of hydrogen-bond acceptors (Lipinski definition) is 6. The van der Waals surface area contributed by atoms with Crippen molar-refractivity contribution >= 4 is 23.3 Å². The summed E-state index contributed by atoms with van der Waals surface area (Å²) < 4.78 is 7.09. The molecule has 1 saturated heterocycles. The quantitative estimate of drug-likeness (QED) is 0.561. The summed E-state index contributed by atoms with van der Waals surface area (Å²) in [5.74, 6) is 0.955. The van der Waals surface area contributed by atoms with Crippen LogP contribution in [0.3, 0.4) is 0 Å². The molecule has 36 heavy (non-hydrogen) atoms. The number of benzene rings is 2. The third-order valence-electron chi connectivity index (χ3n) is 6.84. The number of hydrogen-bond donors (Lipinski definition) is 0. The van der Waals surface area contributed by atoms with Crippen LogP contribution in [-0.4, -0.2) is 65.3 Å². The molecule has 3 heterocycles. The van der Waals surface area contributed by atoms with Gasteiger partial charge in [-0.2, -0.15) is 4.68 Å². The van der Waals surface area contributed by atoms with E-state index in [0.29, 0.717) is 43.4 Å². The summed E-state index contributed by atoms with van der Waals surface area (Å²) in [6.45, 7) is 7.85. The number of anilines is 2. The number of piperazine rings is 1. The van der Waals surface area contributed by atoms with Gasteiger partial charge in [-0.25, -0.2) is 0 Å². The molecule has 0 radical (unpaired) electrons. The molecule has 5 rings (SSSR count). The van der Waals surface area contributed by atoms with E-state index in [1.807, 2.05) is 44.2 Å². The number of amides is 2. The maximum Gasteiger partial charge on any atom is 0.271 e. The summed E-state index contributed by atoms with van der Waals surface area (Å²) in [5.41, 5.74) is 3.39. The Morgan fingerprint density at radius 3 is 2.47 bits per heavy atom. The molecule has 0 spiro atoms. The fourth-order valence-electron chi connectivity index (χ4n) is 4.55. The van der Waals surface area contributed by atoms with Crippen molar-refractivity contribution in [3.05, 3.63) is 76.1 Å². The van der Waals surface area contributed by atoms with Gasteiger partial charge in [0, 0.05) is 32.2 Å². The highest BCUT2D eigenvalue weighted by Gasteiger charge is 2.34. The van der Waals surface area contributed by atoms with Crippen LogP contribution < -0.4 is 20.1 Å². The van der Waals surface area contributed by atoms with Crippen molar-refractivity contribution in [1.82, 2.24) is 14.7 Å². The maximum absolute atomic E-state index is 13.1. The topological polar surface area (TPSA) is 88.0 Å². The van der Waals surface area contributed by atoms with E-state index in [1.54, 1.807) is 30.0 Å². The Balaban J connectivity index is 1.27. The van der Waals surface area contributed by atoms with Gasteiger partial charge >= 0.3 is 0 Å². The van der Waals surface area contributed by atoms with E-state index in [9.17, 15) is 14.4 Å². The molecule has 186 valence electrons. The number of rotatable bonds is 4. The lowest BCUT2D eigenvalue weighted by Gasteiger charge is -2.37. The van der Waals surface area contributed by atoms with Gasteiger partial charge in [-0.05, 0) is 62.2 Å². The lowest BCUT2D eigenvalue weighted by atomic mass is 10.1. The van der Waals surface area contributed by atoms with Crippen molar-refractivity contribution in [2.45, 2.75) is 26.9 Å². The first-order chi connectivity index (χ1) is 17.3. The summed E-state index contributed by atoms with van der Waals surface area (Å²) in [6.07, 6.45) is -0.636. The molecular formula is C27H29N5O4. The van der Waals surface area contributed by atoms with Crippen LogP contribution in [0.5, 0.6) is 5.75 Å². The minimum Gasteiger partial charge on any atom is -0.479 e. The molecule has 9 nitrogen and oxygen atoms in total. The minimum absolute atomic E-state index is 0.0283. The number of para-hydroxylation sites is 2. The first-order valence-electron chi connectivity index (χ1n) is 12.1. The second kappa shape index (κ2) is 9.49. The van der Waals surface area contributed by atoms with Crippen LogP contribution in [0.4, 0.5) is 11.5 Å². The van der Waals surface area contributed by atoms with Crippen LogP contribution in [0.15, 0.2) is 59.4 Å². The predicted octanol–water partition coefficient (Wildman–Crippen LogP) is 2.31. The third kappa shape index (κ3) is 4.44. The predicted molar refractivity (Wildman–Crippen MR) is 137 cm³/mol. The molecule has 0 bridgehead atoms. The van der Waals surface area contributed by atoms with Crippen LogP contribution in [0.2, 0.25) is 0 Å². The molecule has 0 aliphatic carbocycles. The number of aromatic nitrogens is 2.